The number of unbranched alkanes of at least 4 members (excludes halogenated alkanes) is 1. The van der Waals surface area contributed by atoms with Crippen molar-refractivity contribution < 1.29 is 14.4 Å². The van der Waals surface area contributed by atoms with Crippen LogP contribution in [0.15, 0.2) is 24.3 Å². The quantitative estimate of drug-likeness (QED) is 0.845. The number of amides is 2. The monoisotopic (exact) mass is 320 g/mol. The maximum absolute atomic E-state index is 12.1. The van der Waals surface area contributed by atoms with Gasteiger partial charge in [-0.2, -0.15) is 0 Å². The van der Waals surface area contributed by atoms with E-state index in [1.807, 2.05) is 6.92 Å². The van der Waals surface area contributed by atoms with E-state index >= 15 is 0 Å². The molecule has 0 spiro atoms. The number of thioether (sulfide) groups is 1. The van der Waals surface area contributed by atoms with Crippen molar-refractivity contribution in [3.05, 3.63) is 29.8 Å². The van der Waals surface area contributed by atoms with Gasteiger partial charge in [0.1, 0.15) is 0 Å². The van der Waals surface area contributed by atoms with Gasteiger partial charge in [-0.25, -0.2) is 0 Å². The number of anilines is 1. The normalized spacial score (nSPS) is 17.3. The molecule has 0 saturated carbocycles. The Morgan fingerprint density at radius 1 is 1.27 bits per heavy atom. The van der Waals surface area contributed by atoms with Crippen LogP contribution in [0.4, 0.5) is 5.69 Å². The SMILES string of the molecule is CCCCC(=O)Nc1ccc(C(=O)NC2CCSC2=O)cc1. The van der Waals surface area contributed by atoms with Crippen LogP contribution in [0.3, 0.4) is 0 Å². The molecule has 118 valence electrons. The number of hydrogen-bond donors (Lipinski definition) is 2. The summed E-state index contributed by atoms with van der Waals surface area (Å²) in [6, 6.07) is 6.31. The van der Waals surface area contributed by atoms with Crippen molar-refractivity contribution in [1.29, 1.82) is 0 Å². The topological polar surface area (TPSA) is 75.3 Å². The van der Waals surface area contributed by atoms with Crippen molar-refractivity contribution in [3.63, 3.8) is 0 Å². The van der Waals surface area contributed by atoms with Crippen LogP contribution in [0.2, 0.25) is 0 Å². The first-order valence-corrected chi connectivity index (χ1v) is 8.46. The first-order chi connectivity index (χ1) is 10.6. The van der Waals surface area contributed by atoms with Gasteiger partial charge in [-0.1, -0.05) is 25.1 Å². The predicted molar refractivity (Wildman–Crippen MR) is 87.9 cm³/mol. The molecule has 2 N–H and O–H groups in total. The lowest BCUT2D eigenvalue weighted by molar-refractivity contribution is -0.116. The number of benzene rings is 1. The molecular weight excluding hydrogens is 300 g/mol. The van der Waals surface area contributed by atoms with E-state index in [0.717, 1.165) is 18.6 Å². The highest BCUT2D eigenvalue weighted by Crippen LogP contribution is 2.20. The Bertz CT molecular complexity index is 557. The fraction of sp³-hybridized carbons (Fsp3) is 0.438. The Kier molecular flexibility index (Phi) is 6.00. The van der Waals surface area contributed by atoms with Gasteiger partial charge in [0, 0.05) is 23.4 Å². The molecule has 1 aromatic carbocycles. The molecule has 1 aliphatic heterocycles. The van der Waals surface area contributed by atoms with Gasteiger partial charge < -0.3 is 10.6 Å². The molecule has 0 radical (unpaired) electrons. The van der Waals surface area contributed by atoms with Crippen molar-refractivity contribution in [2.75, 3.05) is 11.1 Å². The molecule has 22 heavy (non-hydrogen) atoms. The highest BCUT2D eigenvalue weighted by Gasteiger charge is 2.26. The fourth-order valence-corrected chi connectivity index (χ4v) is 3.07. The third-order valence-electron chi connectivity index (χ3n) is 3.43. The van der Waals surface area contributed by atoms with Crippen LogP contribution in [-0.2, 0) is 9.59 Å². The Hall–Kier alpha value is -1.82. The molecule has 1 unspecified atom stereocenters. The van der Waals surface area contributed by atoms with Crippen LogP contribution < -0.4 is 10.6 Å². The Morgan fingerprint density at radius 3 is 2.59 bits per heavy atom. The van der Waals surface area contributed by atoms with Gasteiger partial charge in [0.15, 0.2) is 0 Å². The predicted octanol–water partition coefficient (Wildman–Crippen LogP) is 2.58. The van der Waals surface area contributed by atoms with Crippen molar-refractivity contribution >= 4 is 34.4 Å². The first-order valence-electron chi connectivity index (χ1n) is 7.47. The van der Waals surface area contributed by atoms with Gasteiger partial charge >= 0.3 is 0 Å². The maximum atomic E-state index is 12.1. The summed E-state index contributed by atoms with van der Waals surface area (Å²) in [7, 11) is 0. The zero-order valence-electron chi connectivity index (χ0n) is 12.6. The smallest absolute Gasteiger partial charge is 0.251 e. The molecule has 0 aromatic heterocycles. The standard InChI is InChI=1S/C16H20N2O3S/c1-2-3-4-14(19)17-12-7-5-11(6-8-12)15(20)18-13-9-10-22-16(13)21/h5-8,13H,2-4,9-10H2,1H3,(H,17,19)(H,18,20). The minimum Gasteiger partial charge on any atom is -0.341 e. The highest BCUT2D eigenvalue weighted by atomic mass is 32.2. The van der Waals surface area contributed by atoms with Crippen molar-refractivity contribution in [2.24, 2.45) is 0 Å². The van der Waals surface area contributed by atoms with Crippen LogP contribution >= 0.6 is 11.8 Å². The molecule has 1 saturated heterocycles. The second-order valence-corrected chi connectivity index (χ2v) is 6.31. The van der Waals surface area contributed by atoms with Gasteiger partial charge in [-0.05, 0) is 37.1 Å². The minimum absolute atomic E-state index is 0.0207. The van der Waals surface area contributed by atoms with Crippen LogP contribution in [0.25, 0.3) is 0 Å². The van der Waals surface area contributed by atoms with Crippen molar-refractivity contribution in [1.82, 2.24) is 5.32 Å². The third-order valence-corrected chi connectivity index (χ3v) is 4.44. The van der Waals surface area contributed by atoms with Crippen molar-refractivity contribution in [2.45, 2.75) is 38.6 Å². The third kappa shape index (κ3) is 4.59. The van der Waals surface area contributed by atoms with Crippen LogP contribution in [0.1, 0.15) is 43.0 Å². The van der Waals surface area contributed by atoms with Crippen LogP contribution in [-0.4, -0.2) is 28.7 Å². The summed E-state index contributed by atoms with van der Waals surface area (Å²) in [5.74, 6) is 0.476. The molecule has 1 aliphatic rings. The van der Waals surface area contributed by atoms with Gasteiger partial charge in [0.05, 0.1) is 6.04 Å². The second-order valence-electron chi connectivity index (χ2n) is 5.21. The minimum atomic E-state index is -0.383. The molecule has 1 fully saturated rings. The van der Waals surface area contributed by atoms with Crippen molar-refractivity contribution in [3.8, 4) is 0 Å². The summed E-state index contributed by atoms with van der Waals surface area (Å²) in [5, 5.41) is 5.55. The molecule has 1 aromatic rings. The van der Waals surface area contributed by atoms with Gasteiger partial charge in [0.25, 0.3) is 5.91 Å². The lowest BCUT2D eigenvalue weighted by atomic mass is 10.1. The van der Waals surface area contributed by atoms with E-state index < -0.39 is 0 Å². The highest BCUT2D eigenvalue weighted by molar-refractivity contribution is 8.14. The number of carbonyl (C=O) groups is 3. The van der Waals surface area contributed by atoms with Crippen LogP contribution in [0.5, 0.6) is 0 Å². The van der Waals surface area contributed by atoms with E-state index in [1.165, 1.54) is 11.8 Å². The van der Waals surface area contributed by atoms with Gasteiger partial charge in [-0.15, -0.1) is 0 Å². The van der Waals surface area contributed by atoms with E-state index in [9.17, 15) is 14.4 Å². The number of nitrogens with one attached hydrogen (secondary N) is 2. The van der Waals surface area contributed by atoms with Gasteiger partial charge in [0.2, 0.25) is 11.0 Å². The average Bonchev–Trinajstić information content (AvgIpc) is 2.91. The molecule has 2 amide bonds. The summed E-state index contributed by atoms with van der Waals surface area (Å²) in [5.41, 5.74) is 1.15. The number of carbonyl (C=O) groups excluding carboxylic acids is 3. The molecule has 0 bridgehead atoms. The fourth-order valence-electron chi connectivity index (χ4n) is 2.13. The summed E-state index contributed by atoms with van der Waals surface area (Å²) >= 11 is 1.26. The zero-order chi connectivity index (χ0) is 15.9. The van der Waals surface area contributed by atoms with E-state index in [4.69, 9.17) is 0 Å². The zero-order valence-corrected chi connectivity index (χ0v) is 13.4. The summed E-state index contributed by atoms with van der Waals surface area (Å²) < 4.78 is 0. The Balaban J connectivity index is 1.89. The van der Waals surface area contributed by atoms with Crippen LogP contribution in [0, 0.1) is 0 Å². The lowest BCUT2D eigenvalue weighted by Gasteiger charge is -2.10. The molecule has 1 atom stereocenters. The summed E-state index contributed by atoms with van der Waals surface area (Å²) in [4.78, 5) is 35.2. The Labute approximate surface area is 134 Å². The molecular formula is C16H20N2O3S. The summed E-state index contributed by atoms with van der Waals surface area (Å²) in [6.07, 6.45) is 3.02. The van der Waals surface area contributed by atoms with E-state index in [1.54, 1.807) is 24.3 Å². The first kappa shape index (κ1) is 16.5. The second kappa shape index (κ2) is 7.98. The maximum Gasteiger partial charge on any atom is 0.251 e. The largest absolute Gasteiger partial charge is 0.341 e. The number of hydrogen-bond acceptors (Lipinski definition) is 4. The lowest BCUT2D eigenvalue weighted by Crippen LogP contribution is -2.37. The molecule has 5 nitrogen and oxygen atoms in total. The molecule has 2 rings (SSSR count). The van der Waals surface area contributed by atoms with Gasteiger partial charge in [-0.3, -0.25) is 14.4 Å². The number of rotatable bonds is 6. The molecule has 1 heterocycles. The van der Waals surface area contributed by atoms with E-state index in [0.29, 0.717) is 24.1 Å². The van der Waals surface area contributed by atoms with E-state index in [-0.39, 0.29) is 23.0 Å². The molecule has 0 aliphatic carbocycles. The average molecular weight is 320 g/mol. The summed E-state index contributed by atoms with van der Waals surface area (Å²) in [6.45, 7) is 2.04. The molecule has 6 heteroatoms. The van der Waals surface area contributed by atoms with E-state index in [2.05, 4.69) is 10.6 Å². The Morgan fingerprint density at radius 2 is 2.00 bits per heavy atom.